The van der Waals surface area contributed by atoms with Gasteiger partial charge in [0, 0.05) is 22.3 Å². The Bertz CT molecular complexity index is 3760. The highest BCUT2D eigenvalue weighted by Crippen LogP contribution is 2.63. The largest absolute Gasteiger partial charge is 0.456 e. The summed E-state index contributed by atoms with van der Waals surface area (Å²) in [7, 11) is 0. The van der Waals surface area contributed by atoms with Crippen molar-refractivity contribution in [3.8, 4) is 44.0 Å². The standard InChI is InChI=1S/C60H36N2OS/c1-2-14-37(15-3-1)38-26-28-41(29-27-38)62(42-30-31-46-45-20-8-11-23-51(45)60(52(46)36-42)49-21-9-6-18-43(49)44-19-7-10-22-50(44)60)58-47(59-61-53-24-12-13-25-56(53)64-59)32-33-54-57(58)48-34-39-16-4-5-17-40(39)35-55(48)63-54/h1-36H. The highest BCUT2D eigenvalue weighted by molar-refractivity contribution is 7.21. The molecule has 4 heteroatoms. The van der Waals surface area contributed by atoms with E-state index in [1.165, 1.54) is 55.5 Å². The Hall–Kier alpha value is -8.05. The second-order valence-electron chi connectivity index (χ2n) is 17.0. The lowest BCUT2D eigenvalue weighted by molar-refractivity contribution is 0.669. The Morgan fingerprint density at radius 1 is 0.422 bits per heavy atom. The van der Waals surface area contributed by atoms with Crippen molar-refractivity contribution in [3.63, 3.8) is 0 Å². The van der Waals surface area contributed by atoms with Crippen LogP contribution in [-0.4, -0.2) is 4.98 Å². The average Bonchev–Trinajstić information content (AvgIpc) is 4.11. The maximum atomic E-state index is 6.88. The zero-order valence-electron chi connectivity index (χ0n) is 34.5. The van der Waals surface area contributed by atoms with Gasteiger partial charge in [-0.25, -0.2) is 4.98 Å². The Kier molecular flexibility index (Phi) is 7.48. The summed E-state index contributed by atoms with van der Waals surface area (Å²) in [5.74, 6) is 0. The van der Waals surface area contributed by atoms with Crippen molar-refractivity contribution >= 4 is 71.3 Å². The van der Waals surface area contributed by atoms with E-state index >= 15 is 0 Å². The van der Waals surface area contributed by atoms with Gasteiger partial charge in [-0.2, -0.15) is 0 Å². The molecule has 14 rings (SSSR count). The minimum Gasteiger partial charge on any atom is -0.456 e. The van der Waals surface area contributed by atoms with Gasteiger partial charge >= 0.3 is 0 Å². The van der Waals surface area contributed by atoms with E-state index in [2.05, 4.69) is 223 Å². The molecule has 1 spiro atoms. The Morgan fingerprint density at radius 3 is 1.69 bits per heavy atom. The molecule has 12 aromatic rings. The van der Waals surface area contributed by atoms with Crippen LogP contribution < -0.4 is 4.90 Å². The number of aromatic nitrogens is 1. The number of benzene rings is 10. The normalized spacial score (nSPS) is 13.1. The molecule has 3 nitrogen and oxygen atoms in total. The number of thiazole rings is 1. The molecule has 0 radical (unpaired) electrons. The van der Waals surface area contributed by atoms with Gasteiger partial charge in [-0.05, 0) is 127 Å². The topological polar surface area (TPSA) is 29.3 Å². The monoisotopic (exact) mass is 832 g/mol. The Morgan fingerprint density at radius 2 is 0.984 bits per heavy atom. The third-order valence-corrected chi connectivity index (χ3v) is 14.8. The molecule has 0 N–H and O–H groups in total. The van der Waals surface area contributed by atoms with Crippen LogP contribution in [0.1, 0.15) is 22.3 Å². The van der Waals surface area contributed by atoms with Gasteiger partial charge < -0.3 is 9.32 Å². The molecule has 0 unspecified atom stereocenters. The molecule has 2 aromatic heterocycles. The van der Waals surface area contributed by atoms with Crippen LogP contribution in [0.3, 0.4) is 0 Å². The molecule has 0 atom stereocenters. The van der Waals surface area contributed by atoms with Crippen molar-refractivity contribution in [2.24, 2.45) is 0 Å². The van der Waals surface area contributed by atoms with Crippen LogP contribution in [-0.2, 0) is 5.41 Å². The number of para-hydroxylation sites is 1. The van der Waals surface area contributed by atoms with Crippen molar-refractivity contribution in [3.05, 3.63) is 241 Å². The smallest absolute Gasteiger partial charge is 0.137 e. The molecule has 0 fully saturated rings. The predicted molar refractivity (Wildman–Crippen MR) is 266 cm³/mol. The summed E-state index contributed by atoms with van der Waals surface area (Å²) in [6.45, 7) is 0. The first kappa shape index (κ1) is 35.5. The van der Waals surface area contributed by atoms with Crippen molar-refractivity contribution in [2.45, 2.75) is 5.41 Å². The summed E-state index contributed by atoms with van der Waals surface area (Å²) < 4.78 is 8.03. The highest BCUT2D eigenvalue weighted by Gasteiger charge is 2.51. The van der Waals surface area contributed by atoms with Gasteiger partial charge in [0.05, 0.1) is 26.7 Å². The molecule has 64 heavy (non-hydrogen) atoms. The van der Waals surface area contributed by atoms with Crippen LogP contribution in [0.5, 0.6) is 0 Å². The summed E-state index contributed by atoms with van der Waals surface area (Å²) in [6, 6.07) is 79.8. The van der Waals surface area contributed by atoms with Crippen molar-refractivity contribution < 1.29 is 4.42 Å². The van der Waals surface area contributed by atoms with Crippen LogP contribution in [0.15, 0.2) is 223 Å². The predicted octanol–water partition coefficient (Wildman–Crippen LogP) is 16.5. The summed E-state index contributed by atoms with van der Waals surface area (Å²) in [5, 5.41) is 5.41. The van der Waals surface area contributed by atoms with Gasteiger partial charge in [-0.3, -0.25) is 0 Å². The zero-order valence-corrected chi connectivity index (χ0v) is 35.3. The van der Waals surface area contributed by atoms with Crippen LogP contribution in [0.25, 0.3) is 86.9 Å². The molecule has 0 aliphatic heterocycles. The SMILES string of the molecule is c1ccc(-c2ccc(N(c3ccc4c(c3)C3(c5ccccc5-c5ccccc53)c3ccccc3-4)c3c(-c4nc5ccccc5s4)ccc4oc5cc6ccccc6cc5c34)cc2)cc1. The zero-order chi connectivity index (χ0) is 41.9. The van der Waals surface area contributed by atoms with Gasteiger partial charge in [0.2, 0.25) is 0 Å². The fraction of sp³-hybridized carbons (Fsp3) is 0.0167. The van der Waals surface area contributed by atoms with Gasteiger partial charge in [-0.15, -0.1) is 11.3 Å². The number of anilines is 3. The fourth-order valence-corrected chi connectivity index (χ4v) is 12.0. The van der Waals surface area contributed by atoms with Crippen LogP contribution in [0.4, 0.5) is 17.1 Å². The minimum absolute atomic E-state index is 0.499. The molecule has 0 amide bonds. The summed E-state index contributed by atoms with van der Waals surface area (Å²) in [6.07, 6.45) is 0. The lowest BCUT2D eigenvalue weighted by atomic mass is 9.70. The summed E-state index contributed by atoms with van der Waals surface area (Å²) in [4.78, 5) is 7.82. The van der Waals surface area contributed by atoms with E-state index < -0.39 is 5.41 Å². The van der Waals surface area contributed by atoms with Gasteiger partial charge in [0.25, 0.3) is 0 Å². The lowest BCUT2D eigenvalue weighted by Gasteiger charge is -2.33. The first-order valence-electron chi connectivity index (χ1n) is 21.9. The number of furan rings is 1. The molecule has 0 saturated heterocycles. The minimum atomic E-state index is -0.499. The first-order valence-corrected chi connectivity index (χ1v) is 22.7. The summed E-state index contributed by atoms with van der Waals surface area (Å²) in [5.41, 5.74) is 19.1. The first-order chi connectivity index (χ1) is 31.7. The summed E-state index contributed by atoms with van der Waals surface area (Å²) >= 11 is 1.73. The molecule has 2 aliphatic carbocycles. The molecule has 2 aliphatic rings. The van der Waals surface area contributed by atoms with E-state index in [4.69, 9.17) is 9.40 Å². The third kappa shape index (κ3) is 4.94. The maximum absolute atomic E-state index is 6.88. The van der Waals surface area contributed by atoms with E-state index in [0.29, 0.717) is 0 Å². The number of fused-ring (bicyclic) bond motifs is 15. The number of hydrogen-bond donors (Lipinski definition) is 0. The van der Waals surface area contributed by atoms with Crippen molar-refractivity contribution in [1.82, 2.24) is 4.98 Å². The maximum Gasteiger partial charge on any atom is 0.137 e. The van der Waals surface area contributed by atoms with E-state index in [1.807, 2.05) is 0 Å². The van der Waals surface area contributed by atoms with Crippen LogP contribution >= 0.6 is 11.3 Å². The molecule has 0 bridgehead atoms. The molecule has 2 heterocycles. The molecule has 0 saturated carbocycles. The van der Waals surface area contributed by atoms with E-state index in [0.717, 1.165) is 70.7 Å². The van der Waals surface area contributed by atoms with Gasteiger partial charge in [-0.1, -0.05) is 158 Å². The van der Waals surface area contributed by atoms with E-state index in [-0.39, 0.29) is 0 Å². The second-order valence-corrected chi connectivity index (χ2v) is 18.0. The molecular formula is C60H36N2OS. The second kappa shape index (κ2) is 13.5. The van der Waals surface area contributed by atoms with Gasteiger partial charge in [0.1, 0.15) is 16.2 Å². The van der Waals surface area contributed by atoms with Crippen LogP contribution in [0, 0.1) is 0 Å². The van der Waals surface area contributed by atoms with Crippen molar-refractivity contribution in [1.29, 1.82) is 0 Å². The highest BCUT2D eigenvalue weighted by atomic mass is 32.1. The quantitative estimate of drug-likeness (QED) is 0.173. The van der Waals surface area contributed by atoms with Gasteiger partial charge in [0.15, 0.2) is 0 Å². The molecular weight excluding hydrogens is 797 g/mol. The van der Waals surface area contributed by atoms with E-state index in [9.17, 15) is 0 Å². The molecule has 10 aromatic carbocycles. The van der Waals surface area contributed by atoms with Crippen molar-refractivity contribution in [2.75, 3.05) is 4.90 Å². The van der Waals surface area contributed by atoms with Crippen LogP contribution in [0.2, 0.25) is 0 Å². The Labute approximate surface area is 373 Å². The number of rotatable bonds is 5. The number of hydrogen-bond acceptors (Lipinski definition) is 4. The average molecular weight is 833 g/mol. The molecule has 298 valence electrons. The fourth-order valence-electron chi connectivity index (χ4n) is 11.0. The Balaban J connectivity index is 1.10. The third-order valence-electron chi connectivity index (χ3n) is 13.7. The van der Waals surface area contributed by atoms with E-state index in [1.54, 1.807) is 11.3 Å². The number of nitrogens with zero attached hydrogens (tertiary/aromatic N) is 2. The lowest BCUT2D eigenvalue weighted by Crippen LogP contribution is -2.26.